The molecule has 0 unspecified atom stereocenters. The summed E-state index contributed by atoms with van der Waals surface area (Å²) < 4.78 is 36.7. The van der Waals surface area contributed by atoms with Gasteiger partial charge in [0.2, 0.25) is 5.91 Å². The first kappa shape index (κ1) is 26.1. The Bertz CT molecular complexity index is 1280. The zero-order chi connectivity index (χ0) is 25.6. The van der Waals surface area contributed by atoms with Crippen molar-refractivity contribution in [2.24, 2.45) is 0 Å². The number of carbonyl (C=O) groups excluding carboxylic acids is 2. The Kier molecular flexibility index (Phi) is 8.42. The van der Waals surface area contributed by atoms with Gasteiger partial charge in [0.1, 0.15) is 16.4 Å². The number of benzene rings is 2. The van der Waals surface area contributed by atoms with Crippen LogP contribution in [-0.2, 0) is 28.0 Å². The molecule has 0 bridgehead atoms. The van der Waals surface area contributed by atoms with Gasteiger partial charge in [0.15, 0.2) is 0 Å². The zero-order valence-corrected chi connectivity index (χ0v) is 21.0. The monoisotopic (exact) mass is 519 g/mol. The van der Waals surface area contributed by atoms with Crippen LogP contribution in [0.3, 0.4) is 0 Å². The van der Waals surface area contributed by atoms with E-state index < -0.39 is 10.1 Å². The number of carbonyl (C=O) groups is 2. The van der Waals surface area contributed by atoms with Crippen molar-refractivity contribution in [2.45, 2.75) is 44.8 Å². The fraction of sp³-hybridized carbons (Fsp3) is 0.250. The molecule has 3 rings (SSSR count). The molecule has 0 spiro atoms. The normalized spacial score (nSPS) is 11.2. The number of furan rings is 1. The lowest BCUT2D eigenvalue weighted by Gasteiger charge is -2.24. The van der Waals surface area contributed by atoms with E-state index >= 15 is 0 Å². The Morgan fingerprint density at radius 3 is 2.40 bits per heavy atom. The first-order chi connectivity index (χ1) is 16.5. The molecule has 1 heterocycles. The van der Waals surface area contributed by atoms with E-state index in [-0.39, 0.29) is 41.7 Å². The molecule has 0 radical (unpaired) electrons. The van der Waals surface area contributed by atoms with Crippen molar-refractivity contribution in [3.05, 3.63) is 77.2 Å². The molecule has 186 valence electrons. The highest BCUT2D eigenvalue weighted by Crippen LogP contribution is 2.28. The van der Waals surface area contributed by atoms with Gasteiger partial charge in [-0.3, -0.25) is 4.79 Å². The van der Waals surface area contributed by atoms with Gasteiger partial charge in [0, 0.05) is 29.2 Å². The maximum Gasteiger partial charge on any atom is 0.339 e. The lowest BCUT2D eigenvalue weighted by molar-refractivity contribution is -0.114. The lowest BCUT2D eigenvalue weighted by atomic mass is 10.2. The molecule has 0 aliphatic rings. The number of nitrogens with zero attached hydrogens (tertiary/aromatic N) is 1. The fourth-order valence-corrected chi connectivity index (χ4v) is 4.32. The van der Waals surface area contributed by atoms with Crippen molar-refractivity contribution in [1.29, 1.82) is 0 Å². The van der Waals surface area contributed by atoms with Crippen LogP contribution in [0.25, 0.3) is 0 Å². The molecule has 1 aromatic heterocycles. The number of anilines is 1. The highest BCUT2D eigenvalue weighted by Gasteiger charge is 2.23. The van der Waals surface area contributed by atoms with E-state index in [1.165, 1.54) is 54.5 Å². The van der Waals surface area contributed by atoms with E-state index in [0.29, 0.717) is 22.0 Å². The van der Waals surface area contributed by atoms with Crippen molar-refractivity contribution in [3.63, 3.8) is 0 Å². The zero-order valence-electron chi connectivity index (χ0n) is 19.4. The van der Waals surface area contributed by atoms with Gasteiger partial charge in [-0.15, -0.1) is 0 Å². The third-order valence-electron chi connectivity index (χ3n) is 4.67. The van der Waals surface area contributed by atoms with Crippen molar-refractivity contribution < 1.29 is 26.6 Å². The molecule has 3 aromatic rings. The number of nitrogens with one attached hydrogen (secondary N) is 2. The highest BCUT2D eigenvalue weighted by molar-refractivity contribution is 7.87. The highest BCUT2D eigenvalue weighted by atomic mass is 35.5. The average molecular weight is 520 g/mol. The summed E-state index contributed by atoms with van der Waals surface area (Å²) in [5.41, 5.74) is 0.842. The molecule has 2 N–H and O–H groups in total. The van der Waals surface area contributed by atoms with Gasteiger partial charge in [-0.2, -0.15) is 8.42 Å². The van der Waals surface area contributed by atoms with Crippen LogP contribution >= 0.6 is 11.6 Å². The molecule has 11 heteroatoms. The number of hydrogen-bond donors (Lipinski definition) is 2. The number of rotatable bonds is 9. The number of amides is 3. The quantitative estimate of drug-likeness (QED) is 0.393. The summed E-state index contributed by atoms with van der Waals surface area (Å²) in [4.78, 5) is 25.4. The summed E-state index contributed by atoms with van der Waals surface area (Å²) >= 11 is 6.18. The second-order valence-electron chi connectivity index (χ2n) is 8.03. The van der Waals surface area contributed by atoms with Gasteiger partial charge < -0.3 is 24.1 Å². The summed E-state index contributed by atoms with van der Waals surface area (Å²) in [7, 11) is -4.21. The van der Waals surface area contributed by atoms with Crippen LogP contribution in [0, 0.1) is 0 Å². The first-order valence-electron chi connectivity index (χ1n) is 10.7. The summed E-state index contributed by atoms with van der Waals surface area (Å²) in [6, 6.07) is 13.0. The smallest absolute Gasteiger partial charge is 0.339 e. The lowest BCUT2D eigenvalue weighted by Crippen LogP contribution is -2.42. The van der Waals surface area contributed by atoms with Crippen LogP contribution < -0.4 is 14.8 Å². The van der Waals surface area contributed by atoms with Gasteiger partial charge >= 0.3 is 16.1 Å². The molecule has 0 aliphatic carbocycles. The standard InChI is InChI=1S/C24H26ClN3O6S/c1-16(2)26-24(30)28(15-21-5-4-12-33-21)14-18-13-19(25)6-11-23(18)34-35(31,32)22-9-7-20(8-10-22)27-17(3)29/h4-13,16H,14-15H2,1-3H3,(H,26,30)(H,27,29). The average Bonchev–Trinajstić information content (AvgIpc) is 3.28. The molecular weight excluding hydrogens is 494 g/mol. The molecule has 0 aliphatic heterocycles. The van der Waals surface area contributed by atoms with E-state index in [4.69, 9.17) is 20.2 Å². The van der Waals surface area contributed by atoms with Gasteiger partial charge in [0.25, 0.3) is 0 Å². The van der Waals surface area contributed by atoms with Crippen molar-refractivity contribution in [2.75, 3.05) is 5.32 Å². The minimum Gasteiger partial charge on any atom is -0.467 e. The minimum absolute atomic E-state index is 0.00609. The summed E-state index contributed by atoms with van der Waals surface area (Å²) in [5.74, 6) is 0.311. The van der Waals surface area contributed by atoms with Gasteiger partial charge in [-0.25, -0.2) is 4.79 Å². The second-order valence-corrected chi connectivity index (χ2v) is 10.0. The molecule has 0 fully saturated rings. The van der Waals surface area contributed by atoms with Gasteiger partial charge in [-0.05, 0) is 68.4 Å². The molecular formula is C24H26ClN3O6S. The van der Waals surface area contributed by atoms with Crippen LogP contribution in [0.2, 0.25) is 5.02 Å². The maximum atomic E-state index is 12.9. The number of hydrogen-bond acceptors (Lipinski definition) is 6. The molecule has 35 heavy (non-hydrogen) atoms. The largest absolute Gasteiger partial charge is 0.467 e. The van der Waals surface area contributed by atoms with E-state index in [2.05, 4.69) is 10.6 Å². The third-order valence-corrected chi connectivity index (χ3v) is 6.16. The Morgan fingerprint density at radius 1 is 1.09 bits per heavy atom. The molecule has 2 aromatic carbocycles. The van der Waals surface area contributed by atoms with Crippen LogP contribution in [-0.4, -0.2) is 31.3 Å². The molecule has 0 saturated carbocycles. The fourth-order valence-electron chi connectivity index (χ4n) is 3.16. The van der Waals surface area contributed by atoms with Crippen LogP contribution in [0.1, 0.15) is 32.1 Å². The first-order valence-corrected chi connectivity index (χ1v) is 12.5. The number of halogens is 1. The molecule has 9 nitrogen and oxygen atoms in total. The number of urea groups is 1. The van der Waals surface area contributed by atoms with Gasteiger partial charge in [0.05, 0.1) is 19.4 Å². The van der Waals surface area contributed by atoms with Crippen LogP contribution in [0.4, 0.5) is 10.5 Å². The predicted octanol–water partition coefficient (Wildman–Crippen LogP) is 4.78. The summed E-state index contributed by atoms with van der Waals surface area (Å²) in [5, 5.41) is 5.75. The Balaban J connectivity index is 1.87. The SMILES string of the molecule is CC(=O)Nc1ccc(S(=O)(=O)Oc2ccc(Cl)cc2CN(Cc2ccco2)C(=O)NC(C)C)cc1. The van der Waals surface area contributed by atoms with E-state index in [1.54, 1.807) is 18.2 Å². The van der Waals surface area contributed by atoms with Crippen molar-refractivity contribution in [1.82, 2.24) is 10.2 Å². The summed E-state index contributed by atoms with van der Waals surface area (Å²) in [6.45, 7) is 5.18. The Labute approximate surface area is 209 Å². The summed E-state index contributed by atoms with van der Waals surface area (Å²) in [6.07, 6.45) is 1.51. The predicted molar refractivity (Wildman–Crippen MR) is 132 cm³/mol. The van der Waals surface area contributed by atoms with E-state index in [9.17, 15) is 18.0 Å². The van der Waals surface area contributed by atoms with Gasteiger partial charge in [-0.1, -0.05) is 11.6 Å². The van der Waals surface area contributed by atoms with Crippen LogP contribution in [0.15, 0.2) is 70.2 Å². The second kappa shape index (κ2) is 11.3. The maximum absolute atomic E-state index is 12.9. The minimum atomic E-state index is -4.21. The van der Waals surface area contributed by atoms with Crippen LogP contribution in [0.5, 0.6) is 5.75 Å². The van der Waals surface area contributed by atoms with Crippen molar-refractivity contribution in [3.8, 4) is 5.75 Å². The molecule has 0 atom stereocenters. The van der Waals surface area contributed by atoms with E-state index in [1.807, 2.05) is 13.8 Å². The molecule has 3 amide bonds. The third kappa shape index (κ3) is 7.49. The Morgan fingerprint density at radius 2 is 1.80 bits per heavy atom. The van der Waals surface area contributed by atoms with Crippen molar-refractivity contribution >= 4 is 39.3 Å². The Hall–Kier alpha value is -3.50. The molecule has 0 saturated heterocycles. The topological polar surface area (TPSA) is 118 Å². The van der Waals surface area contributed by atoms with E-state index in [0.717, 1.165) is 0 Å².